The molecule has 3 aliphatic heterocycles. The molecule has 10 nitrogen and oxygen atoms in total. The van der Waals surface area contributed by atoms with Gasteiger partial charge in [0, 0.05) is 18.1 Å². The van der Waals surface area contributed by atoms with Crippen molar-refractivity contribution in [3.8, 4) is 11.5 Å². The molecule has 2 aromatic rings. The van der Waals surface area contributed by atoms with Gasteiger partial charge >= 0.3 is 0 Å². The third kappa shape index (κ3) is 4.62. The van der Waals surface area contributed by atoms with Gasteiger partial charge in [0.25, 0.3) is 5.91 Å². The van der Waals surface area contributed by atoms with Gasteiger partial charge in [0.05, 0.1) is 25.5 Å². The topological polar surface area (TPSA) is 94.1 Å². The number of fused-ring (bicyclic) bond motifs is 1. The number of nitrogens with one attached hydrogen (secondary N) is 1. The molecule has 2 fully saturated rings. The van der Waals surface area contributed by atoms with Gasteiger partial charge in [0.1, 0.15) is 19.9 Å². The lowest BCUT2D eigenvalue weighted by Gasteiger charge is -2.19. The van der Waals surface area contributed by atoms with E-state index >= 15 is 0 Å². The van der Waals surface area contributed by atoms with Crippen molar-refractivity contribution in [2.45, 2.75) is 12.7 Å². The largest absolute Gasteiger partial charge is 0.486 e. The Kier molecular flexibility index (Phi) is 6.06. The summed E-state index contributed by atoms with van der Waals surface area (Å²) in [6.07, 6.45) is 0.297. The van der Waals surface area contributed by atoms with E-state index in [1.807, 2.05) is 30.3 Å². The molecular formula is C22H24N4O6. The van der Waals surface area contributed by atoms with Crippen LogP contribution in [0.5, 0.6) is 11.5 Å². The maximum absolute atomic E-state index is 12.9. The molecule has 0 bridgehead atoms. The van der Waals surface area contributed by atoms with E-state index < -0.39 is 0 Å². The predicted molar refractivity (Wildman–Crippen MR) is 113 cm³/mol. The molecule has 0 aliphatic carbocycles. The zero-order chi connectivity index (χ0) is 21.8. The average molecular weight is 440 g/mol. The first-order chi connectivity index (χ1) is 15.8. The molecule has 10 heteroatoms. The minimum absolute atomic E-state index is 0.170. The maximum atomic E-state index is 12.9. The summed E-state index contributed by atoms with van der Waals surface area (Å²) < 4.78 is 22.1. The Hall–Kier alpha value is -3.34. The minimum Gasteiger partial charge on any atom is -0.486 e. The predicted octanol–water partition coefficient (Wildman–Crippen LogP) is 2.06. The number of amides is 1. The Balaban J connectivity index is 1.33. The van der Waals surface area contributed by atoms with Gasteiger partial charge in [-0.1, -0.05) is 18.2 Å². The number of hydrogen-bond acceptors (Lipinski definition) is 7. The number of rotatable bonds is 6. The summed E-state index contributed by atoms with van der Waals surface area (Å²) in [5.74, 6) is 1.52. The smallest absolute Gasteiger partial charge is 0.274 e. The Labute approximate surface area is 185 Å². The van der Waals surface area contributed by atoms with Crippen LogP contribution in [-0.4, -0.2) is 67.9 Å². The van der Waals surface area contributed by atoms with Gasteiger partial charge in [-0.25, -0.2) is 10.0 Å². The second kappa shape index (κ2) is 9.43. The third-order valence-corrected chi connectivity index (χ3v) is 5.06. The number of guanidine groups is 1. The van der Waals surface area contributed by atoms with Gasteiger partial charge in [-0.15, -0.1) is 0 Å². The van der Waals surface area contributed by atoms with Crippen molar-refractivity contribution in [2.75, 3.05) is 39.7 Å². The third-order valence-electron chi connectivity index (χ3n) is 5.06. The summed E-state index contributed by atoms with van der Waals surface area (Å²) in [7, 11) is 0. The molecular weight excluding hydrogens is 416 g/mol. The van der Waals surface area contributed by atoms with Crippen molar-refractivity contribution in [1.82, 2.24) is 15.5 Å². The van der Waals surface area contributed by atoms with Crippen LogP contribution in [0.2, 0.25) is 0 Å². The number of benzene rings is 2. The quantitative estimate of drug-likeness (QED) is 0.730. The lowest BCUT2D eigenvalue weighted by molar-refractivity contribution is -0.132. The van der Waals surface area contributed by atoms with Crippen molar-refractivity contribution < 1.29 is 28.6 Å². The molecule has 0 spiro atoms. The molecule has 3 aliphatic rings. The number of carbonyl (C=O) groups is 1. The Morgan fingerprint density at radius 2 is 1.81 bits per heavy atom. The summed E-state index contributed by atoms with van der Waals surface area (Å²) in [5, 5.41) is 3.00. The van der Waals surface area contributed by atoms with E-state index in [9.17, 15) is 4.79 Å². The highest BCUT2D eigenvalue weighted by Crippen LogP contribution is 2.34. The van der Waals surface area contributed by atoms with E-state index in [0.29, 0.717) is 68.2 Å². The fourth-order valence-corrected chi connectivity index (χ4v) is 3.50. The number of ether oxygens (including phenoxy) is 4. The first kappa shape index (κ1) is 20.6. The SMILES string of the molecule is O=C(c1ccccc1)N1CN(OCCC2OCCO2)C(=Nc2ccc3c(c2)OCCO3)N1. The first-order valence-corrected chi connectivity index (χ1v) is 10.5. The van der Waals surface area contributed by atoms with E-state index in [1.54, 1.807) is 23.3 Å². The van der Waals surface area contributed by atoms with Gasteiger partial charge in [0.15, 0.2) is 17.8 Å². The van der Waals surface area contributed by atoms with Crippen LogP contribution < -0.4 is 14.9 Å². The van der Waals surface area contributed by atoms with Crippen molar-refractivity contribution in [2.24, 2.45) is 4.99 Å². The van der Waals surface area contributed by atoms with E-state index in [4.69, 9.17) is 23.8 Å². The van der Waals surface area contributed by atoms with E-state index in [0.717, 1.165) is 0 Å². The highest BCUT2D eigenvalue weighted by atomic mass is 16.7. The molecule has 168 valence electrons. The molecule has 0 atom stereocenters. The number of nitrogens with zero attached hydrogens (tertiary/aromatic N) is 3. The molecule has 0 saturated carbocycles. The highest BCUT2D eigenvalue weighted by molar-refractivity contribution is 5.97. The molecule has 1 amide bonds. The van der Waals surface area contributed by atoms with Crippen molar-refractivity contribution in [3.05, 3.63) is 54.1 Å². The van der Waals surface area contributed by atoms with Gasteiger partial charge < -0.3 is 18.9 Å². The molecule has 0 aromatic heterocycles. The number of hydrazine groups is 1. The summed E-state index contributed by atoms with van der Waals surface area (Å²) in [6.45, 7) is 2.71. The number of hydroxylamine groups is 2. The summed E-state index contributed by atoms with van der Waals surface area (Å²) in [5.41, 5.74) is 4.25. The maximum Gasteiger partial charge on any atom is 0.274 e. The van der Waals surface area contributed by atoms with Crippen LogP contribution in [0.15, 0.2) is 53.5 Å². The molecule has 0 unspecified atom stereocenters. The van der Waals surface area contributed by atoms with Crippen LogP contribution in [0.3, 0.4) is 0 Å². The monoisotopic (exact) mass is 440 g/mol. The molecule has 2 aromatic carbocycles. The van der Waals surface area contributed by atoms with Crippen molar-refractivity contribution in [3.63, 3.8) is 0 Å². The lowest BCUT2D eigenvalue weighted by Crippen LogP contribution is -2.38. The van der Waals surface area contributed by atoms with Crippen LogP contribution in [0.1, 0.15) is 16.8 Å². The van der Waals surface area contributed by atoms with Gasteiger partial charge in [0.2, 0.25) is 5.96 Å². The molecule has 3 heterocycles. The van der Waals surface area contributed by atoms with Crippen LogP contribution >= 0.6 is 0 Å². The fourth-order valence-electron chi connectivity index (χ4n) is 3.50. The molecule has 5 rings (SSSR count). The average Bonchev–Trinajstić information content (AvgIpc) is 3.50. The summed E-state index contributed by atoms with van der Waals surface area (Å²) >= 11 is 0. The fraction of sp³-hybridized carbons (Fsp3) is 0.364. The van der Waals surface area contributed by atoms with Crippen molar-refractivity contribution >= 4 is 17.6 Å². The Morgan fingerprint density at radius 3 is 2.62 bits per heavy atom. The van der Waals surface area contributed by atoms with Crippen LogP contribution in [0.4, 0.5) is 5.69 Å². The summed E-state index contributed by atoms with van der Waals surface area (Å²) in [6, 6.07) is 14.5. The molecule has 0 radical (unpaired) electrons. The van der Waals surface area contributed by atoms with Crippen LogP contribution in [0.25, 0.3) is 0 Å². The van der Waals surface area contributed by atoms with Crippen LogP contribution in [0, 0.1) is 0 Å². The number of carbonyl (C=O) groups excluding carboxylic acids is 1. The molecule has 32 heavy (non-hydrogen) atoms. The van der Waals surface area contributed by atoms with Gasteiger partial charge in [-0.3, -0.25) is 15.1 Å². The second-order valence-corrected chi connectivity index (χ2v) is 7.29. The van der Waals surface area contributed by atoms with Gasteiger partial charge in [-0.2, -0.15) is 5.06 Å². The minimum atomic E-state index is -0.272. The normalized spacial score (nSPS) is 19.4. The zero-order valence-corrected chi connectivity index (χ0v) is 17.4. The van der Waals surface area contributed by atoms with E-state index in [-0.39, 0.29) is 18.9 Å². The van der Waals surface area contributed by atoms with Crippen molar-refractivity contribution in [1.29, 1.82) is 0 Å². The number of hydrogen-bond donors (Lipinski definition) is 1. The summed E-state index contributed by atoms with van der Waals surface area (Å²) in [4.78, 5) is 23.5. The standard InChI is InChI=1S/C22H24N4O6/c27-21(16-4-2-1-3-5-16)25-15-26(32-9-8-20-30-12-13-31-20)22(24-25)23-17-6-7-18-19(14-17)29-11-10-28-18/h1-7,14,20H,8-13,15H2,(H,23,24). The lowest BCUT2D eigenvalue weighted by atomic mass is 10.2. The van der Waals surface area contributed by atoms with E-state index in [1.165, 1.54) is 5.01 Å². The number of aliphatic imine (C=N–C) groups is 1. The zero-order valence-electron chi connectivity index (χ0n) is 17.4. The molecule has 2 saturated heterocycles. The van der Waals surface area contributed by atoms with E-state index in [2.05, 4.69) is 10.4 Å². The second-order valence-electron chi connectivity index (χ2n) is 7.29. The first-order valence-electron chi connectivity index (χ1n) is 10.5. The highest BCUT2D eigenvalue weighted by Gasteiger charge is 2.31. The Bertz CT molecular complexity index is 980. The Morgan fingerprint density at radius 1 is 1.03 bits per heavy atom. The van der Waals surface area contributed by atoms with Gasteiger partial charge in [-0.05, 0) is 24.3 Å². The van der Waals surface area contributed by atoms with Crippen LogP contribution in [-0.2, 0) is 14.3 Å². The molecule has 1 N–H and O–H groups in total.